The summed E-state index contributed by atoms with van der Waals surface area (Å²) >= 11 is 0. The Bertz CT molecular complexity index is 487. The largest absolute Gasteiger partial charge is 0.358 e. The lowest BCUT2D eigenvalue weighted by atomic mass is 9.99. The van der Waals surface area contributed by atoms with Gasteiger partial charge in [0.15, 0.2) is 0 Å². The standard InChI is InChI=1S/C12H15N3O3/c1-13-12(16)8-14-5-4-9-2-3-11(15(17)18)6-10(9)7-14/h2-3,6H,4-5,7-8H2,1H3,(H,13,16). The van der Waals surface area contributed by atoms with Gasteiger partial charge in [0.1, 0.15) is 0 Å². The number of benzene rings is 1. The van der Waals surface area contributed by atoms with E-state index in [0.29, 0.717) is 13.1 Å². The van der Waals surface area contributed by atoms with Crippen LogP contribution in [0.1, 0.15) is 11.1 Å². The first-order valence-corrected chi connectivity index (χ1v) is 5.79. The lowest BCUT2D eigenvalue weighted by Gasteiger charge is -2.27. The van der Waals surface area contributed by atoms with Crippen molar-refractivity contribution >= 4 is 11.6 Å². The van der Waals surface area contributed by atoms with Crippen LogP contribution in [0.15, 0.2) is 18.2 Å². The number of hydrogen-bond acceptors (Lipinski definition) is 4. The van der Waals surface area contributed by atoms with E-state index in [0.717, 1.165) is 24.1 Å². The number of non-ortho nitro benzene ring substituents is 1. The molecule has 2 rings (SSSR count). The number of hydrogen-bond donors (Lipinski definition) is 1. The summed E-state index contributed by atoms with van der Waals surface area (Å²) in [6, 6.07) is 4.95. The number of fused-ring (bicyclic) bond motifs is 1. The van der Waals surface area contributed by atoms with Crippen LogP contribution in [0.4, 0.5) is 5.69 Å². The summed E-state index contributed by atoms with van der Waals surface area (Å²) in [7, 11) is 1.60. The first-order chi connectivity index (χ1) is 8.60. The van der Waals surface area contributed by atoms with Crippen molar-refractivity contribution in [2.75, 3.05) is 20.1 Å². The van der Waals surface area contributed by atoms with Crippen molar-refractivity contribution in [2.45, 2.75) is 13.0 Å². The van der Waals surface area contributed by atoms with Crippen molar-refractivity contribution in [1.29, 1.82) is 0 Å². The Labute approximate surface area is 105 Å². The molecule has 18 heavy (non-hydrogen) atoms. The van der Waals surface area contributed by atoms with Crippen LogP contribution in [0.2, 0.25) is 0 Å². The molecule has 0 fully saturated rings. The zero-order chi connectivity index (χ0) is 13.1. The predicted octanol–water partition coefficient (Wildman–Crippen LogP) is 0.699. The van der Waals surface area contributed by atoms with E-state index in [1.54, 1.807) is 13.1 Å². The summed E-state index contributed by atoms with van der Waals surface area (Å²) in [5, 5.41) is 13.3. The van der Waals surface area contributed by atoms with Crippen molar-refractivity contribution < 1.29 is 9.72 Å². The second-order valence-electron chi connectivity index (χ2n) is 4.34. The van der Waals surface area contributed by atoms with Crippen LogP contribution < -0.4 is 5.32 Å². The molecule has 1 aromatic rings. The van der Waals surface area contributed by atoms with Crippen molar-refractivity contribution in [3.63, 3.8) is 0 Å². The quantitative estimate of drug-likeness (QED) is 0.632. The van der Waals surface area contributed by atoms with Gasteiger partial charge < -0.3 is 5.32 Å². The molecular weight excluding hydrogens is 234 g/mol. The third kappa shape index (κ3) is 2.65. The van der Waals surface area contributed by atoms with E-state index >= 15 is 0 Å². The zero-order valence-electron chi connectivity index (χ0n) is 10.2. The maximum atomic E-state index is 11.3. The van der Waals surface area contributed by atoms with E-state index in [9.17, 15) is 14.9 Å². The molecule has 1 aromatic carbocycles. The fourth-order valence-corrected chi connectivity index (χ4v) is 2.13. The number of carbonyl (C=O) groups excluding carboxylic acids is 1. The maximum Gasteiger partial charge on any atom is 0.269 e. The van der Waals surface area contributed by atoms with Gasteiger partial charge in [0.2, 0.25) is 5.91 Å². The van der Waals surface area contributed by atoms with Crippen molar-refractivity contribution in [1.82, 2.24) is 10.2 Å². The molecule has 1 heterocycles. The second kappa shape index (κ2) is 5.14. The van der Waals surface area contributed by atoms with Crippen molar-refractivity contribution in [3.05, 3.63) is 39.4 Å². The second-order valence-corrected chi connectivity index (χ2v) is 4.34. The molecule has 0 saturated carbocycles. The predicted molar refractivity (Wildman–Crippen MR) is 66.1 cm³/mol. The van der Waals surface area contributed by atoms with E-state index in [2.05, 4.69) is 5.32 Å². The molecule has 96 valence electrons. The number of likely N-dealkylation sites (N-methyl/N-ethyl adjacent to an activating group) is 1. The van der Waals surface area contributed by atoms with E-state index < -0.39 is 4.92 Å². The molecule has 6 nitrogen and oxygen atoms in total. The molecule has 0 spiro atoms. The molecule has 1 N–H and O–H groups in total. The average molecular weight is 249 g/mol. The minimum absolute atomic E-state index is 0.0381. The molecular formula is C12H15N3O3. The lowest BCUT2D eigenvalue weighted by Crippen LogP contribution is -2.38. The van der Waals surface area contributed by atoms with E-state index in [1.165, 1.54) is 6.07 Å². The van der Waals surface area contributed by atoms with Crippen molar-refractivity contribution in [3.8, 4) is 0 Å². The average Bonchev–Trinajstić information content (AvgIpc) is 2.37. The normalized spacial score (nSPS) is 14.9. The monoisotopic (exact) mass is 249 g/mol. The maximum absolute atomic E-state index is 11.3. The molecule has 0 saturated heterocycles. The van der Waals surface area contributed by atoms with Crippen LogP contribution in [-0.2, 0) is 17.8 Å². The van der Waals surface area contributed by atoms with Crippen LogP contribution in [0.3, 0.4) is 0 Å². The van der Waals surface area contributed by atoms with E-state index in [4.69, 9.17) is 0 Å². The van der Waals surface area contributed by atoms with Gasteiger partial charge in [-0.2, -0.15) is 0 Å². The van der Waals surface area contributed by atoms with Gasteiger partial charge in [0, 0.05) is 32.3 Å². The van der Waals surface area contributed by atoms with Gasteiger partial charge in [-0.1, -0.05) is 6.07 Å². The number of carbonyl (C=O) groups is 1. The minimum atomic E-state index is -0.391. The fraction of sp³-hybridized carbons (Fsp3) is 0.417. The Morgan fingerprint density at radius 3 is 2.94 bits per heavy atom. The molecule has 0 aliphatic carbocycles. The summed E-state index contributed by atoms with van der Waals surface area (Å²) in [6.45, 7) is 1.72. The molecule has 6 heteroatoms. The summed E-state index contributed by atoms with van der Waals surface area (Å²) in [5.41, 5.74) is 2.18. The Kier molecular flexibility index (Phi) is 3.57. The van der Waals surface area contributed by atoms with Gasteiger partial charge in [0.05, 0.1) is 11.5 Å². The van der Waals surface area contributed by atoms with E-state index in [-0.39, 0.29) is 11.6 Å². The highest BCUT2D eigenvalue weighted by atomic mass is 16.6. The van der Waals surface area contributed by atoms with Gasteiger partial charge in [-0.15, -0.1) is 0 Å². The van der Waals surface area contributed by atoms with Gasteiger partial charge in [0.25, 0.3) is 5.69 Å². The van der Waals surface area contributed by atoms with Crippen LogP contribution in [0.5, 0.6) is 0 Å². The van der Waals surface area contributed by atoms with Gasteiger partial charge in [-0.25, -0.2) is 0 Å². The molecule has 0 radical (unpaired) electrons. The summed E-state index contributed by atoms with van der Waals surface area (Å²) in [4.78, 5) is 23.6. The molecule has 1 aliphatic heterocycles. The van der Waals surface area contributed by atoms with Crippen LogP contribution in [-0.4, -0.2) is 35.9 Å². The topological polar surface area (TPSA) is 75.5 Å². The Morgan fingerprint density at radius 1 is 1.50 bits per heavy atom. The summed E-state index contributed by atoms with van der Waals surface area (Å²) < 4.78 is 0. The molecule has 0 bridgehead atoms. The van der Waals surface area contributed by atoms with Crippen molar-refractivity contribution in [2.24, 2.45) is 0 Å². The highest BCUT2D eigenvalue weighted by Crippen LogP contribution is 2.23. The first kappa shape index (κ1) is 12.5. The highest BCUT2D eigenvalue weighted by Gasteiger charge is 2.20. The number of nitrogens with one attached hydrogen (secondary N) is 1. The number of nitrogens with zero attached hydrogens (tertiary/aromatic N) is 2. The Hall–Kier alpha value is -1.95. The van der Waals surface area contributed by atoms with Crippen LogP contribution in [0, 0.1) is 10.1 Å². The van der Waals surface area contributed by atoms with Gasteiger partial charge in [-0.3, -0.25) is 19.8 Å². The number of nitro benzene ring substituents is 1. The molecule has 1 aliphatic rings. The Balaban J connectivity index is 2.14. The fourth-order valence-electron chi connectivity index (χ4n) is 2.13. The van der Waals surface area contributed by atoms with Crippen LogP contribution >= 0.6 is 0 Å². The SMILES string of the molecule is CNC(=O)CN1CCc2ccc([N+](=O)[O-])cc2C1. The number of nitro groups is 1. The first-order valence-electron chi connectivity index (χ1n) is 5.79. The lowest BCUT2D eigenvalue weighted by molar-refractivity contribution is -0.385. The Morgan fingerprint density at radius 2 is 2.28 bits per heavy atom. The third-order valence-corrected chi connectivity index (χ3v) is 3.14. The minimum Gasteiger partial charge on any atom is -0.358 e. The van der Waals surface area contributed by atoms with Crippen LogP contribution in [0.25, 0.3) is 0 Å². The van der Waals surface area contributed by atoms with E-state index in [1.807, 2.05) is 11.0 Å². The number of amides is 1. The molecule has 0 unspecified atom stereocenters. The third-order valence-electron chi connectivity index (χ3n) is 3.14. The number of rotatable bonds is 3. The molecule has 0 aromatic heterocycles. The molecule has 1 amide bonds. The highest BCUT2D eigenvalue weighted by molar-refractivity contribution is 5.77. The molecule has 0 atom stereocenters. The van der Waals surface area contributed by atoms with Gasteiger partial charge >= 0.3 is 0 Å². The summed E-state index contributed by atoms with van der Waals surface area (Å²) in [5.74, 6) is -0.0381. The van der Waals surface area contributed by atoms with Gasteiger partial charge in [-0.05, 0) is 17.5 Å². The zero-order valence-corrected chi connectivity index (χ0v) is 10.2. The summed E-state index contributed by atoms with van der Waals surface area (Å²) in [6.07, 6.45) is 0.824. The smallest absolute Gasteiger partial charge is 0.269 e.